The lowest BCUT2D eigenvalue weighted by Crippen LogP contribution is -2.43. The fourth-order valence-corrected chi connectivity index (χ4v) is 3.75. The van der Waals surface area contributed by atoms with Crippen LogP contribution in [-0.2, 0) is 4.79 Å². The van der Waals surface area contributed by atoms with Gasteiger partial charge in [0, 0.05) is 17.4 Å². The number of hydrogen-bond donors (Lipinski definition) is 4. The van der Waals surface area contributed by atoms with Gasteiger partial charge in [0.2, 0.25) is 0 Å². The highest BCUT2D eigenvalue weighted by molar-refractivity contribution is 5.92. The van der Waals surface area contributed by atoms with Gasteiger partial charge < -0.3 is 21.5 Å². The summed E-state index contributed by atoms with van der Waals surface area (Å²) in [6.07, 6.45) is 1.82. The minimum absolute atomic E-state index is 0. The van der Waals surface area contributed by atoms with E-state index < -0.39 is 29.7 Å². The van der Waals surface area contributed by atoms with Gasteiger partial charge in [-0.1, -0.05) is 39.5 Å². The van der Waals surface area contributed by atoms with Crippen LogP contribution in [0.15, 0.2) is 54.7 Å². The highest BCUT2D eigenvalue weighted by Crippen LogP contribution is 2.30. The van der Waals surface area contributed by atoms with Crippen LogP contribution in [-0.4, -0.2) is 48.3 Å². The van der Waals surface area contributed by atoms with E-state index in [9.17, 15) is 23.5 Å². The van der Waals surface area contributed by atoms with E-state index in [-0.39, 0.29) is 30.7 Å². The minimum atomic E-state index is -1.12. The van der Waals surface area contributed by atoms with Gasteiger partial charge in [-0.25, -0.2) is 23.4 Å². The molecule has 0 unspecified atom stereocenters. The van der Waals surface area contributed by atoms with Crippen LogP contribution in [0.1, 0.15) is 27.7 Å². The first-order chi connectivity index (χ1) is 18.1. The van der Waals surface area contributed by atoms with E-state index >= 15 is 0 Å². The largest absolute Gasteiger partial charge is 0.480 e. The second kappa shape index (κ2) is 12.1. The number of hydrogen-bond acceptors (Lipinski definition) is 7. The standard InChI is InChI=1S/C25H24F2N8O3.CH4/c1-13(2)10-19(24(36)37)31-25(38)30-16-8-6-14(7-9-16)15-11-17(22(28)29-12-15)23-32-33-34-35(23)20-5-3-4-18(26)21(20)27;/h3-9,11-13,19H,10H2,1-2H3,(H2,28,29)(H,36,37)(H2,30,31,38);1H4/t19-;/m0./s1. The summed E-state index contributed by atoms with van der Waals surface area (Å²) in [5, 5.41) is 25.7. The lowest BCUT2D eigenvalue weighted by molar-refractivity contribution is -0.139. The molecule has 4 aromatic rings. The molecule has 0 saturated carbocycles. The van der Waals surface area contributed by atoms with Crippen LogP contribution in [0.3, 0.4) is 0 Å². The highest BCUT2D eigenvalue weighted by atomic mass is 19.2. The van der Waals surface area contributed by atoms with Crippen LogP contribution in [0.25, 0.3) is 28.2 Å². The topological polar surface area (TPSA) is 161 Å². The van der Waals surface area contributed by atoms with Crippen molar-refractivity contribution < 1.29 is 23.5 Å². The van der Waals surface area contributed by atoms with Crippen LogP contribution in [0.2, 0.25) is 0 Å². The minimum Gasteiger partial charge on any atom is -0.480 e. The summed E-state index contributed by atoms with van der Waals surface area (Å²) in [5.74, 6) is -3.05. The van der Waals surface area contributed by atoms with Crippen LogP contribution >= 0.6 is 0 Å². The molecule has 0 radical (unpaired) electrons. The highest BCUT2D eigenvalue weighted by Gasteiger charge is 2.22. The number of nitrogens with two attached hydrogens (primary N) is 1. The number of benzene rings is 2. The van der Waals surface area contributed by atoms with Crippen molar-refractivity contribution in [2.75, 3.05) is 11.1 Å². The molecular weight excluding hydrogens is 510 g/mol. The predicted octanol–water partition coefficient (Wildman–Crippen LogP) is 4.51. The lowest BCUT2D eigenvalue weighted by Gasteiger charge is -2.17. The monoisotopic (exact) mass is 538 g/mol. The molecule has 4 rings (SSSR count). The van der Waals surface area contributed by atoms with Crippen LogP contribution in [0.4, 0.5) is 25.1 Å². The van der Waals surface area contributed by atoms with E-state index in [2.05, 4.69) is 31.1 Å². The Labute approximate surface area is 223 Å². The molecule has 39 heavy (non-hydrogen) atoms. The van der Waals surface area contributed by atoms with Gasteiger partial charge >= 0.3 is 12.0 Å². The number of urea groups is 1. The molecular formula is C26H28F2N8O3. The van der Waals surface area contributed by atoms with E-state index in [4.69, 9.17) is 5.73 Å². The molecule has 0 bridgehead atoms. The third kappa shape index (κ3) is 6.50. The molecule has 0 aliphatic heterocycles. The van der Waals surface area contributed by atoms with E-state index in [0.29, 0.717) is 28.8 Å². The maximum Gasteiger partial charge on any atom is 0.326 e. The summed E-state index contributed by atoms with van der Waals surface area (Å²) < 4.78 is 29.2. The summed E-state index contributed by atoms with van der Waals surface area (Å²) in [6, 6.07) is 10.3. The summed E-state index contributed by atoms with van der Waals surface area (Å²) in [5.41, 5.74) is 7.91. The van der Waals surface area contributed by atoms with Crippen LogP contribution in [0, 0.1) is 17.6 Å². The van der Waals surface area contributed by atoms with Crippen molar-refractivity contribution >= 4 is 23.5 Å². The SMILES string of the molecule is C.CC(C)C[C@H](NC(=O)Nc1ccc(-c2cnc(N)c(-c3nnnn3-c3cccc(F)c3F)c2)cc1)C(=O)O. The Bertz CT molecular complexity index is 1470. The third-order valence-electron chi connectivity index (χ3n) is 5.57. The molecule has 2 heterocycles. The van der Waals surface area contributed by atoms with Crippen molar-refractivity contribution in [1.82, 2.24) is 30.5 Å². The molecule has 1 atom stereocenters. The number of pyridine rings is 1. The smallest absolute Gasteiger partial charge is 0.326 e. The molecule has 2 aromatic carbocycles. The Hall–Kier alpha value is -4.94. The molecule has 204 valence electrons. The van der Waals surface area contributed by atoms with Gasteiger partial charge in [0.25, 0.3) is 0 Å². The Balaban J connectivity index is 0.00000420. The summed E-state index contributed by atoms with van der Waals surface area (Å²) in [6.45, 7) is 3.73. The number of carbonyl (C=O) groups excluding carboxylic acids is 1. The molecule has 5 N–H and O–H groups in total. The Kier molecular flexibility index (Phi) is 8.86. The molecule has 13 heteroatoms. The number of amides is 2. The molecule has 11 nitrogen and oxygen atoms in total. The predicted molar refractivity (Wildman–Crippen MR) is 142 cm³/mol. The summed E-state index contributed by atoms with van der Waals surface area (Å²) in [4.78, 5) is 27.9. The van der Waals surface area contributed by atoms with E-state index in [1.165, 1.54) is 18.3 Å². The van der Waals surface area contributed by atoms with Crippen molar-refractivity contribution in [2.45, 2.75) is 33.7 Å². The lowest BCUT2D eigenvalue weighted by atomic mass is 10.0. The van der Waals surface area contributed by atoms with Gasteiger partial charge in [0.05, 0.1) is 5.56 Å². The van der Waals surface area contributed by atoms with Gasteiger partial charge in [-0.05, 0) is 58.7 Å². The number of halogens is 2. The van der Waals surface area contributed by atoms with Crippen LogP contribution in [0.5, 0.6) is 0 Å². The molecule has 2 amide bonds. The number of nitrogens with zero attached hydrogens (tertiary/aromatic N) is 5. The number of nitrogen functional groups attached to an aromatic ring is 1. The normalized spacial score (nSPS) is 11.5. The van der Waals surface area contributed by atoms with E-state index in [1.807, 2.05) is 13.8 Å². The van der Waals surface area contributed by atoms with Crippen molar-refractivity contribution in [3.05, 3.63) is 66.4 Å². The molecule has 2 aromatic heterocycles. The zero-order valence-electron chi connectivity index (χ0n) is 20.4. The number of nitrogens with one attached hydrogen (secondary N) is 2. The van der Waals surface area contributed by atoms with Crippen molar-refractivity contribution in [2.24, 2.45) is 5.92 Å². The Morgan fingerprint density at radius 3 is 2.49 bits per heavy atom. The number of aliphatic carboxylic acids is 1. The first-order valence-corrected chi connectivity index (χ1v) is 11.5. The Morgan fingerprint density at radius 1 is 1.10 bits per heavy atom. The van der Waals surface area contributed by atoms with Gasteiger partial charge in [-0.3, -0.25) is 0 Å². The Morgan fingerprint density at radius 2 is 1.82 bits per heavy atom. The van der Waals surface area contributed by atoms with Gasteiger partial charge in [0.15, 0.2) is 17.5 Å². The number of carboxylic acid groups (broad SMARTS) is 1. The maximum atomic E-state index is 14.4. The number of anilines is 2. The van der Waals surface area contributed by atoms with E-state index in [1.54, 1.807) is 30.3 Å². The van der Waals surface area contributed by atoms with Gasteiger partial charge in [0.1, 0.15) is 17.5 Å². The van der Waals surface area contributed by atoms with Gasteiger partial charge in [-0.15, -0.1) is 5.10 Å². The number of tetrazole rings is 1. The fourth-order valence-electron chi connectivity index (χ4n) is 3.75. The molecule has 0 aliphatic rings. The summed E-state index contributed by atoms with van der Waals surface area (Å²) in [7, 11) is 0. The zero-order valence-corrected chi connectivity index (χ0v) is 20.4. The molecule has 0 saturated heterocycles. The van der Waals surface area contributed by atoms with Crippen LogP contribution < -0.4 is 16.4 Å². The average molecular weight is 539 g/mol. The number of carbonyl (C=O) groups is 2. The first-order valence-electron chi connectivity index (χ1n) is 11.5. The quantitative estimate of drug-likeness (QED) is 0.255. The zero-order chi connectivity index (χ0) is 27.4. The molecule has 0 spiro atoms. The van der Waals surface area contributed by atoms with Gasteiger partial charge in [-0.2, -0.15) is 4.68 Å². The first kappa shape index (κ1) is 28.6. The second-order valence-corrected chi connectivity index (χ2v) is 8.84. The number of rotatable bonds is 8. The van der Waals surface area contributed by atoms with Crippen molar-refractivity contribution in [3.63, 3.8) is 0 Å². The van der Waals surface area contributed by atoms with Crippen molar-refractivity contribution in [3.8, 4) is 28.2 Å². The maximum absolute atomic E-state index is 14.4. The second-order valence-electron chi connectivity index (χ2n) is 8.84. The van der Waals surface area contributed by atoms with Crippen molar-refractivity contribution in [1.29, 1.82) is 0 Å². The molecule has 0 fully saturated rings. The number of carboxylic acids is 1. The summed E-state index contributed by atoms with van der Waals surface area (Å²) >= 11 is 0. The van der Waals surface area contributed by atoms with E-state index in [0.717, 1.165) is 10.7 Å². The average Bonchev–Trinajstić information content (AvgIpc) is 3.35. The number of aromatic nitrogens is 5. The fraction of sp³-hybridized carbons (Fsp3) is 0.231. The third-order valence-corrected chi connectivity index (χ3v) is 5.57. The molecule has 0 aliphatic carbocycles.